The van der Waals surface area contributed by atoms with Crippen LogP contribution in [0.1, 0.15) is 27.1 Å². The summed E-state index contributed by atoms with van der Waals surface area (Å²) in [6, 6.07) is 17.1. The van der Waals surface area contributed by atoms with Crippen LogP contribution in [0.5, 0.6) is 23.0 Å². The van der Waals surface area contributed by atoms with E-state index in [0.29, 0.717) is 41.6 Å². The molecule has 34 heavy (non-hydrogen) atoms. The molecular weight excluding hydrogens is 464 g/mol. The average Bonchev–Trinajstić information content (AvgIpc) is 2.85. The Balaban J connectivity index is 1.61. The zero-order valence-corrected chi connectivity index (χ0v) is 18.9. The van der Waals surface area contributed by atoms with Crippen LogP contribution in [-0.4, -0.2) is 38.7 Å². The third-order valence-electron chi connectivity index (χ3n) is 4.46. The molecule has 0 heterocycles. The molecule has 0 bridgehead atoms. The molecule has 3 aromatic carbocycles. The molecule has 176 valence electrons. The molecule has 9 heteroatoms. The first kappa shape index (κ1) is 24.6. The first-order chi connectivity index (χ1) is 16.5. The largest absolute Gasteiger partial charge is 0.493 e. The minimum Gasteiger partial charge on any atom is -0.493 e. The highest BCUT2D eigenvalue weighted by atomic mass is 35.5. The summed E-state index contributed by atoms with van der Waals surface area (Å²) < 4.78 is 26.1. The van der Waals surface area contributed by atoms with Crippen LogP contribution < -0.4 is 18.9 Å². The summed E-state index contributed by atoms with van der Waals surface area (Å²) in [5, 5.41) is 0.524. The van der Waals surface area contributed by atoms with E-state index in [1.807, 2.05) is 0 Å². The van der Waals surface area contributed by atoms with Crippen LogP contribution in [0.3, 0.4) is 0 Å². The number of carbonyl (C=O) groups is 3. The number of carbonyl (C=O) groups excluding carboxylic acids is 3. The molecule has 0 radical (unpaired) electrons. The van der Waals surface area contributed by atoms with Gasteiger partial charge in [0.15, 0.2) is 11.5 Å². The second-order valence-corrected chi connectivity index (χ2v) is 7.23. The third kappa shape index (κ3) is 6.98. The molecule has 0 unspecified atom stereocenters. The fourth-order valence-corrected chi connectivity index (χ4v) is 2.90. The van der Waals surface area contributed by atoms with Gasteiger partial charge < -0.3 is 23.7 Å². The van der Waals surface area contributed by atoms with Gasteiger partial charge in [0.1, 0.15) is 11.5 Å². The molecule has 0 atom stereocenters. The van der Waals surface area contributed by atoms with E-state index in [4.69, 9.17) is 30.5 Å². The Morgan fingerprint density at radius 2 is 1.44 bits per heavy atom. The molecular formula is C25H21ClO8. The summed E-state index contributed by atoms with van der Waals surface area (Å²) in [4.78, 5) is 35.1. The Morgan fingerprint density at radius 3 is 2.12 bits per heavy atom. The van der Waals surface area contributed by atoms with Gasteiger partial charge in [-0.3, -0.25) is 4.79 Å². The fraction of sp³-hybridized carbons (Fsp3) is 0.160. The van der Waals surface area contributed by atoms with E-state index in [1.165, 1.54) is 25.3 Å². The summed E-state index contributed by atoms with van der Waals surface area (Å²) in [6.07, 6.45) is 0.547. The maximum Gasteiger partial charge on any atom is 0.343 e. The number of benzene rings is 3. The van der Waals surface area contributed by atoms with E-state index in [2.05, 4.69) is 4.74 Å². The van der Waals surface area contributed by atoms with E-state index < -0.39 is 11.9 Å². The van der Waals surface area contributed by atoms with Crippen molar-refractivity contribution >= 4 is 30.0 Å². The van der Waals surface area contributed by atoms with Crippen molar-refractivity contribution in [3.63, 3.8) is 0 Å². The number of esters is 2. The molecule has 0 aliphatic carbocycles. The van der Waals surface area contributed by atoms with Crippen molar-refractivity contribution in [2.75, 3.05) is 20.3 Å². The molecule has 0 N–H and O–H groups in total. The Hall–Kier alpha value is -4.04. The van der Waals surface area contributed by atoms with Gasteiger partial charge in [0.05, 0.1) is 31.5 Å². The van der Waals surface area contributed by atoms with Gasteiger partial charge in [0, 0.05) is 11.4 Å². The number of ether oxygens (including phenoxy) is 5. The van der Waals surface area contributed by atoms with E-state index in [-0.39, 0.29) is 23.7 Å². The third-order valence-corrected chi connectivity index (χ3v) is 4.71. The number of methoxy groups -OCH3 is 1. The van der Waals surface area contributed by atoms with Crippen molar-refractivity contribution in [3.05, 3.63) is 82.9 Å². The highest BCUT2D eigenvalue weighted by Gasteiger charge is 2.16. The number of hydrogen-bond acceptors (Lipinski definition) is 8. The van der Waals surface area contributed by atoms with Gasteiger partial charge in [0.25, 0.3) is 6.47 Å². The number of hydrogen-bond donors (Lipinski definition) is 0. The van der Waals surface area contributed by atoms with Crippen LogP contribution in [0.25, 0.3) is 0 Å². The van der Waals surface area contributed by atoms with Gasteiger partial charge in [-0.05, 0) is 66.7 Å². The molecule has 0 spiro atoms. The Kier molecular flexibility index (Phi) is 8.88. The van der Waals surface area contributed by atoms with Crippen LogP contribution >= 0.6 is 11.6 Å². The SMILES string of the molecule is COc1cc(C(=O)Oc2ccc(Cl)cc2)ccc1OC(=O)c1ccc(OCCCOC=O)cc1. The van der Waals surface area contributed by atoms with Crippen molar-refractivity contribution < 1.29 is 38.1 Å². The van der Waals surface area contributed by atoms with Crippen LogP contribution in [-0.2, 0) is 9.53 Å². The normalized spacial score (nSPS) is 10.2. The summed E-state index contributed by atoms with van der Waals surface area (Å²) >= 11 is 5.83. The monoisotopic (exact) mass is 484 g/mol. The van der Waals surface area contributed by atoms with E-state index >= 15 is 0 Å². The molecule has 0 aromatic heterocycles. The molecule has 0 fully saturated rings. The number of halogens is 1. The van der Waals surface area contributed by atoms with Crippen LogP contribution in [0, 0.1) is 0 Å². The standard InChI is InChI=1S/C25H21ClO8/c1-30-23-15-18(25(29)33-21-10-6-19(26)7-11-21)5-12-22(23)34-24(28)17-3-8-20(9-4-17)32-14-2-13-31-16-27/h3-12,15-16H,2,13-14H2,1H3. The summed E-state index contributed by atoms with van der Waals surface area (Å²) in [6.45, 7) is 1.02. The Morgan fingerprint density at radius 1 is 0.794 bits per heavy atom. The maximum atomic E-state index is 12.5. The van der Waals surface area contributed by atoms with Crippen molar-refractivity contribution in [3.8, 4) is 23.0 Å². The van der Waals surface area contributed by atoms with Gasteiger partial charge in [-0.15, -0.1) is 0 Å². The molecule has 0 aliphatic heterocycles. The van der Waals surface area contributed by atoms with Crippen molar-refractivity contribution in [1.29, 1.82) is 0 Å². The summed E-state index contributed by atoms with van der Waals surface area (Å²) in [5.74, 6) is 0.0179. The second-order valence-electron chi connectivity index (χ2n) is 6.79. The average molecular weight is 485 g/mol. The molecule has 0 aliphatic rings. The van der Waals surface area contributed by atoms with Crippen LogP contribution in [0.2, 0.25) is 5.02 Å². The van der Waals surface area contributed by atoms with Gasteiger partial charge in [-0.25, -0.2) is 9.59 Å². The second kappa shape index (κ2) is 12.3. The molecule has 3 rings (SSSR count). The van der Waals surface area contributed by atoms with E-state index in [0.717, 1.165) is 0 Å². The molecule has 0 amide bonds. The molecule has 0 saturated carbocycles. The van der Waals surface area contributed by atoms with Crippen molar-refractivity contribution in [2.45, 2.75) is 6.42 Å². The first-order valence-corrected chi connectivity index (χ1v) is 10.5. The number of rotatable bonds is 11. The lowest BCUT2D eigenvalue weighted by molar-refractivity contribution is -0.128. The zero-order valence-electron chi connectivity index (χ0n) is 18.2. The zero-order chi connectivity index (χ0) is 24.3. The predicted octanol–water partition coefficient (Wildman–Crippen LogP) is 4.73. The van der Waals surface area contributed by atoms with Gasteiger partial charge in [0.2, 0.25) is 0 Å². The molecule has 8 nitrogen and oxygen atoms in total. The smallest absolute Gasteiger partial charge is 0.343 e. The highest BCUT2D eigenvalue weighted by molar-refractivity contribution is 6.30. The minimum absolute atomic E-state index is 0.144. The summed E-state index contributed by atoms with van der Waals surface area (Å²) in [7, 11) is 1.40. The lowest BCUT2D eigenvalue weighted by Crippen LogP contribution is -2.11. The van der Waals surface area contributed by atoms with E-state index in [9.17, 15) is 14.4 Å². The van der Waals surface area contributed by atoms with Crippen molar-refractivity contribution in [1.82, 2.24) is 0 Å². The molecule has 3 aromatic rings. The van der Waals surface area contributed by atoms with Crippen LogP contribution in [0.4, 0.5) is 0 Å². The Bertz CT molecular complexity index is 1130. The lowest BCUT2D eigenvalue weighted by Gasteiger charge is -2.11. The maximum absolute atomic E-state index is 12.5. The topological polar surface area (TPSA) is 97.4 Å². The molecule has 0 saturated heterocycles. The quantitative estimate of drug-likeness (QED) is 0.167. The minimum atomic E-state index is -0.610. The van der Waals surface area contributed by atoms with Gasteiger partial charge in [-0.1, -0.05) is 11.6 Å². The Labute approximate surface area is 200 Å². The lowest BCUT2D eigenvalue weighted by atomic mass is 10.2. The van der Waals surface area contributed by atoms with Gasteiger partial charge >= 0.3 is 11.9 Å². The fourth-order valence-electron chi connectivity index (χ4n) is 2.77. The van der Waals surface area contributed by atoms with E-state index in [1.54, 1.807) is 48.5 Å². The van der Waals surface area contributed by atoms with Gasteiger partial charge in [-0.2, -0.15) is 0 Å². The highest BCUT2D eigenvalue weighted by Crippen LogP contribution is 2.30. The van der Waals surface area contributed by atoms with Crippen LogP contribution in [0.15, 0.2) is 66.7 Å². The predicted molar refractivity (Wildman–Crippen MR) is 123 cm³/mol. The first-order valence-electron chi connectivity index (χ1n) is 10.2. The van der Waals surface area contributed by atoms with Crippen molar-refractivity contribution in [2.24, 2.45) is 0 Å². The summed E-state index contributed by atoms with van der Waals surface area (Å²) in [5.41, 5.74) is 0.511.